The van der Waals surface area contributed by atoms with Gasteiger partial charge in [-0.25, -0.2) is 4.85 Å². The Morgan fingerprint density at radius 2 is 1.56 bits per heavy atom. The Labute approximate surface area is 415 Å². The van der Waals surface area contributed by atoms with Crippen LogP contribution >= 0.6 is 11.6 Å². The van der Waals surface area contributed by atoms with Gasteiger partial charge in [-0.3, -0.25) is 44.2 Å². The fourth-order valence-electron chi connectivity index (χ4n) is 7.76. The minimum atomic E-state index is -1.03. The number of benzene rings is 3. The lowest BCUT2D eigenvalue weighted by Crippen LogP contribution is -2.54. The van der Waals surface area contributed by atoms with E-state index in [2.05, 4.69) is 30.8 Å². The molecule has 3 N–H and O–H groups in total. The van der Waals surface area contributed by atoms with Crippen molar-refractivity contribution < 1.29 is 57.1 Å². The molecule has 20 heteroatoms. The minimum absolute atomic E-state index is 0.0469. The van der Waals surface area contributed by atoms with Gasteiger partial charge in [0.25, 0.3) is 11.8 Å². The van der Waals surface area contributed by atoms with Gasteiger partial charge < -0.3 is 43.8 Å². The molecule has 1 fully saturated rings. The van der Waals surface area contributed by atoms with Crippen LogP contribution in [0.5, 0.6) is 11.5 Å². The van der Waals surface area contributed by atoms with Gasteiger partial charge in [0.05, 0.1) is 112 Å². The van der Waals surface area contributed by atoms with Gasteiger partial charge in [0.1, 0.15) is 29.9 Å². The third-order valence-corrected chi connectivity index (χ3v) is 11.5. The van der Waals surface area contributed by atoms with E-state index in [0.717, 1.165) is 10.6 Å². The van der Waals surface area contributed by atoms with E-state index in [9.17, 15) is 24.0 Å². The summed E-state index contributed by atoms with van der Waals surface area (Å²) in [6.07, 6.45) is 3.61. The lowest BCUT2D eigenvalue weighted by molar-refractivity contribution is -0.136. The predicted octanol–water partition coefficient (Wildman–Crippen LogP) is 6.65. The van der Waals surface area contributed by atoms with Crippen LogP contribution in [0.15, 0.2) is 79.1 Å². The summed E-state index contributed by atoms with van der Waals surface area (Å²) < 4.78 is 39.8. The lowest BCUT2D eigenvalue weighted by atomic mass is 10.0. The Balaban J connectivity index is 0.739. The number of fused-ring (bicyclic) bond motifs is 2. The SMILES string of the molecule is [C-]#[N+]c1cnc2cc(OCC)c(CC(=O)CCOCCOCCOCCOCCOCCNc3cccc4c3C(=O)N(C3CCC(=O)NC3=O)C4=O)cc2c1Nc1ccc(OCc2ccccn2)c(Cl)c1. The zero-order valence-corrected chi connectivity index (χ0v) is 39.9. The molecule has 0 saturated carbocycles. The largest absolute Gasteiger partial charge is 0.494 e. The van der Waals surface area contributed by atoms with Crippen molar-refractivity contribution in [3.63, 3.8) is 0 Å². The summed E-state index contributed by atoms with van der Waals surface area (Å²) in [6, 6.07) is 18.3. The first-order chi connectivity index (χ1) is 34.6. The fourth-order valence-corrected chi connectivity index (χ4v) is 8.00. The number of piperidine rings is 1. The molecule has 2 aliphatic heterocycles. The van der Waals surface area contributed by atoms with Crippen molar-refractivity contribution in [2.24, 2.45) is 0 Å². The first kappa shape index (κ1) is 51.8. The Morgan fingerprint density at radius 1 is 0.831 bits per heavy atom. The van der Waals surface area contributed by atoms with Crippen LogP contribution in [0.25, 0.3) is 15.7 Å². The van der Waals surface area contributed by atoms with E-state index >= 15 is 0 Å². The molecule has 3 aromatic carbocycles. The molecule has 2 aliphatic rings. The van der Waals surface area contributed by atoms with Crippen molar-refractivity contribution in [1.82, 2.24) is 20.2 Å². The molecule has 4 amide bonds. The number of Topliss-reactive ketones (excluding diaryl/α,β-unsaturated/α-hetero) is 1. The first-order valence-corrected chi connectivity index (χ1v) is 23.6. The Bertz CT molecular complexity index is 2740. The fraction of sp³-hybridized carbons (Fsp3) is 0.373. The van der Waals surface area contributed by atoms with Gasteiger partial charge in [-0.1, -0.05) is 23.7 Å². The van der Waals surface area contributed by atoms with Crippen LogP contribution in [0.2, 0.25) is 5.02 Å². The average molecular weight is 992 g/mol. The standard InChI is InChI=1S/C51H54ClN7O12/c1-3-70-45-30-41-38(48(42(53-2)31-56-41)57-34-10-12-44(39(52)29-34)71-32-35-7-4-5-15-54-35)28-33(45)27-36(60)14-17-65-19-21-67-23-25-69-26-24-68-22-20-66-18-16-55-40-9-6-8-37-47(40)51(64)59(50(37)63)43-11-13-46(61)58-49(43)62/h4-10,12,15,28-31,43,55H,3,11,13-14,16-27,32H2,1H3,(H,56,57)(H,58,61,62). The van der Waals surface area contributed by atoms with Crippen LogP contribution in [0, 0.1) is 6.57 Å². The Kier molecular flexibility index (Phi) is 19.1. The number of aromatic nitrogens is 2. The number of imide groups is 2. The number of hydrogen-bond acceptors (Lipinski definition) is 16. The molecule has 0 radical (unpaired) electrons. The summed E-state index contributed by atoms with van der Waals surface area (Å²) in [6.45, 7) is 14.0. The van der Waals surface area contributed by atoms with Crippen LogP contribution in [0.4, 0.5) is 22.7 Å². The van der Waals surface area contributed by atoms with Gasteiger partial charge in [-0.05, 0) is 61.9 Å². The highest BCUT2D eigenvalue weighted by atomic mass is 35.5. The van der Waals surface area contributed by atoms with E-state index in [1.165, 1.54) is 6.20 Å². The molecular formula is C51H54ClN7O12. The number of ether oxygens (including phenoxy) is 7. The van der Waals surface area contributed by atoms with E-state index in [1.807, 2.05) is 31.2 Å². The molecule has 0 bridgehead atoms. The molecule has 1 atom stereocenters. The minimum Gasteiger partial charge on any atom is -0.494 e. The van der Waals surface area contributed by atoms with Crippen LogP contribution < -0.4 is 25.4 Å². The summed E-state index contributed by atoms with van der Waals surface area (Å²) in [4.78, 5) is 76.8. The van der Waals surface area contributed by atoms with E-state index in [0.29, 0.717) is 128 Å². The number of hydrogen-bond donors (Lipinski definition) is 3. The van der Waals surface area contributed by atoms with Crippen molar-refractivity contribution in [1.29, 1.82) is 0 Å². The van der Waals surface area contributed by atoms with Crippen LogP contribution in [-0.2, 0) is 51.1 Å². The molecule has 2 aromatic heterocycles. The molecule has 0 spiro atoms. The quantitative estimate of drug-likeness (QED) is 0.0259. The lowest BCUT2D eigenvalue weighted by Gasteiger charge is -2.27. The smallest absolute Gasteiger partial charge is 0.264 e. The third-order valence-electron chi connectivity index (χ3n) is 11.2. The maximum Gasteiger partial charge on any atom is 0.264 e. The number of halogens is 1. The number of nitrogens with one attached hydrogen (secondary N) is 3. The molecule has 0 aliphatic carbocycles. The van der Waals surface area contributed by atoms with Gasteiger partial charge in [0, 0.05) is 66.6 Å². The molecule has 1 unspecified atom stereocenters. The number of amides is 4. The van der Waals surface area contributed by atoms with Crippen LogP contribution in [0.3, 0.4) is 0 Å². The number of nitrogens with zero attached hydrogens (tertiary/aromatic N) is 4. The number of carbonyl (C=O) groups excluding carboxylic acids is 5. The van der Waals surface area contributed by atoms with Gasteiger partial charge >= 0.3 is 0 Å². The van der Waals surface area contributed by atoms with Crippen LogP contribution in [-0.4, -0.2) is 130 Å². The summed E-state index contributed by atoms with van der Waals surface area (Å²) in [5, 5.41) is 9.69. The molecular weight excluding hydrogens is 938 g/mol. The highest BCUT2D eigenvalue weighted by molar-refractivity contribution is 6.32. The number of anilines is 3. The highest BCUT2D eigenvalue weighted by Gasteiger charge is 2.45. The van der Waals surface area contributed by atoms with Crippen LogP contribution in [0.1, 0.15) is 58.2 Å². The van der Waals surface area contributed by atoms with Gasteiger partial charge in [-0.2, -0.15) is 0 Å². The van der Waals surface area contributed by atoms with Gasteiger partial charge in [-0.15, -0.1) is 0 Å². The normalized spacial score (nSPS) is 14.3. The molecule has 4 heterocycles. The molecule has 5 aromatic rings. The summed E-state index contributed by atoms with van der Waals surface area (Å²) in [5.41, 5.74) is 4.32. The van der Waals surface area contributed by atoms with E-state index in [4.69, 9.17) is 51.3 Å². The number of ketones is 1. The molecule has 372 valence electrons. The average Bonchev–Trinajstić information content (AvgIpc) is 3.62. The number of rotatable bonds is 29. The first-order valence-electron chi connectivity index (χ1n) is 23.2. The van der Waals surface area contributed by atoms with E-state index in [1.54, 1.807) is 48.7 Å². The van der Waals surface area contributed by atoms with Crippen molar-refractivity contribution in [2.45, 2.75) is 45.3 Å². The number of carbonyl (C=O) groups is 5. The maximum absolute atomic E-state index is 13.2. The molecule has 1 saturated heterocycles. The summed E-state index contributed by atoms with van der Waals surface area (Å²) >= 11 is 6.60. The van der Waals surface area contributed by atoms with Gasteiger partial charge in [0.2, 0.25) is 17.5 Å². The van der Waals surface area contributed by atoms with Crippen molar-refractivity contribution in [2.75, 3.05) is 89.9 Å². The molecule has 19 nitrogen and oxygen atoms in total. The third kappa shape index (κ3) is 14.1. The van der Waals surface area contributed by atoms with Gasteiger partial charge in [0.15, 0.2) is 0 Å². The summed E-state index contributed by atoms with van der Waals surface area (Å²) in [7, 11) is 0. The monoisotopic (exact) mass is 991 g/mol. The second kappa shape index (κ2) is 26.2. The predicted molar refractivity (Wildman–Crippen MR) is 262 cm³/mol. The molecule has 71 heavy (non-hydrogen) atoms. The van der Waals surface area contributed by atoms with E-state index < -0.39 is 29.7 Å². The van der Waals surface area contributed by atoms with Crippen molar-refractivity contribution in [3.05, 3.63) is 118 Å². The zero-order chi connectivity index (χ0) is 50.0. The van der Waals surface area contributed by atoms with Crippen molar-refractivity contribution >= 4 is 74.7 Å². The second-order valence-corrected chi connectivity index (χ2v) is 16.5. The highest BCUT2D eigenvalue weighted by Crippen LogP contribution is 2.39. The maximum atomic E-state index is 13.2. The Hall–Kier alpha value is -7.05. The number of pyridine rings is 2. The summed E-state index contributed by atoms with van der Waals surface area (Å²) in [5.74, 6) is -1.25. The molecule has 7 rings (SSSR count). The van der Waals surface area contributed by atoms with E-state index in [-0.39, 0.29) is 55.8 Å². The van der Waals surface area contributed by atoms with Crippen molar-refractivity contribution in [3.8, 4) is 11.5 Å². The second-order valence-electron chi connectivity index (χ2n) is 16.0. The topological polar surface area (TPSA) is 219 Å². The zero-order valence-electron chi connectivity index (χ0n) is 39.2. The Morgan fingerprint density at radius 3 is 2.24 bits per heavy atom.